The van der Waals surface area contributed by atoms with E-state index in [9.17, 15) is 4.79 Å². The van der Waals surface area contributed by atoms with Crippen molar-refractivity contribution in [3.8, 4) is 0 Å². The van der Waals surface area contributed by atoms with Crippen molar-refractivity contribution < 1.29 is 14.0 Å². The second kappa shape index (κ2) is 7.63. The summed E-state index contributed by atoms with van der Waals surface area (Å²) in [6.07, 6.45) is 4.71. The van der Waals surface area contributed by atoms with E-state index in [-0.39, 0.29) is 22.5 Å². The monoisotopic (exact) mass is 362 g/mol. The summed E-state index contributed by atoms with van der Waals surface area (Å²) < 4.78 is 12.1. The standard InChI is InChI=1S/C21H34O3Si/c1-20(2,3)25(5,6)24-21(17-12-8-7-9-13-17)15-11-10-14-18(21)16-19(22)23-4/h7-9,12-13,18H,10-11,14-16H2,1-6H3. The molecule has 0 radical (unpaired) electrons. The van der Waals surface area contributed by atoms with Gasteiger partial charge in [-0.1, -0.05) is 63.9 Å². The molecule has 1 fully saturated rings. The molecule has 0 amide bonds. The third-order valence-electron chi connectivity index (χ3n) is 6.16. The topological polar surface area (TPSA) is 35.5 Å². The van der Waals surface area contributed by atoms with E-state index >= 15 is 0 Å². The molecule has 0 bridgehead atoms. The molecule has 25 heavy (non-hydrogen) atoms. The van der Waals surface area contributed by atoms with Crippen molar-refractivity contribution in [1.29, 1.82) is 0 Å². The van der Waals surface area contributed by atoms with Gasteiger partial charge >= 0.3 is 5.97 Å². The maximum absolute atomic E-state index is 12.1. The number of methoxy groups -OCH3 is 1. The van der Waals surface area contributed by atoms with Crippen LogP contribution in [-0.2, 0) is 19.6 Å². The lowest BCUT2D eigenvalue weighted by Gasteiger charge is -2.51. The number of ether oxygens (including phenoxy) is 1. The van der Waals surface area contributed by atoms with Crippen molar-refractivity contribution in [1.82, 2.24) is 0 Å². The van der Waals surface area contributed by atoms with Crippen molar-refractivity contribution in [2.24, 2.45) is 5.92 Å². The molecule has 0 N–H and O–H groups in total. The highest BCUT2D eigenvalue weighted by atomic mass is 28.4. The summed E-state index contributed by atoms with van der Waals surface area (Å²) in [5.41, 5.74) is 0.838. The first kappa shape index (κ1) is 20.2. The van der Waals surface area contributed by atoms with Crippen LogP contribution in [0.3, 0.4) is 0 Å². The van der Waals surface area contributed by atoms with E-state index in [0.717, 1.165) is 25.7 Å². The van der Waals surface area contributed by atoms with Gasteiger partial charge in [-0.05, 0) is 36.5 Å². The lowest BCUT2D eigenvalue weighted by atomic mass is 9.70. The van der Waals surface area contributed by atoms with Gasteiger partial charge in [0.15, 0.2) is 8.32 Å². The minimum Gasteiger partial charge on any atom is -0.469 e. The highest BCUT2D eigenvalue weighted by Gasteiger charge is 2.50. The maximum atomic E-state index is 12.1. The van der Waals surface area contributed by atoms with Gasteiger partial charge in [-0.2, -0.15) is 0 Å². The Balaban J connectivity index is 2.49. The van der Waals surface area contributed by atoms with Gasteiger partial charge < -0.3 is 9.16 Å². The molecule has 4 heteroatoms. The average molecular weight is 363 g/mol. The van der Waals surface area contributed by atoms with E-state index in [1.165, 1.54) is 12.7 Å². The Hall–Kier alpha value is -1.13. The molecule has 2 unspecified atom stereocenters. The first-order chi connectivity index (χ1) is 11.6. The molecule has 0 aliphatic heterocycles. The highest BCUT2D eigenvalue weighted by Crippen LogP contribution is 2.51. The Morgan fingerprint density at radius 3 is 2.40 bits per heavy atom. The Morgan fingerprint density at radius 1 is 1.20 bits per heavy atom. The summed E-state index contributed by atoms with van der Waals surface area (Å²) in [5, 5.41) is 0.127. The van der Waals surface area contributed by atoms with Crippen LogP contribution in [0.4, 0.5) is 0 Å². The predicted molar refractivity (Wildman–Crippen MR) is 105 cm³/mol. The lowest BCUT2D eigenvalue weighted by Crippen LogP contribution is -2.52. The van der Waals surface area contributed by atoms with Crippen LogP contribution >= 0.6 is 0 Å². The highest BCUT2D eigenvalue weighted by molar-refractivity contribution is 6.74. The van der Waals surface area contributed by atoms with Crippen molar-refractivity contribution in [3.63, 3.8) is 0 Å². The van der Waals surface area contributed by atoms with Gasteiger partial charge in [-0.15, -0.1) is 0 Å². The fraction of sp³-hybridized carbons (Fsp3) is 0.667. The van der Waals surface area contributed by atoms with Crippen LogP contribution in [-0.4, -0.2) is 21.4 Å². The van der Waals surface area contributed by atoms with Crippen LogP contribution < -0.4 is 0 Å². The molecule has 140 valence electrons. The van der Waals surface area contributed by atoms with E-state index in [2.05, 4.69) is 58.1 Å². The Morgan fingerprint density at radius 2 is 1.84 bits per heavy atom. The maximum Gasteiger partial charge on any atom is 0.305 e. The largest absolute Gasteiger partial charge is 0.469 e. The van der Waals surface area contributed by atoms with Crippen LogP contribution in [0.2, 0.25) is 18.1 Å². The molecule has 1 aliphatic carbocycles. The smallest absolute Gasteiger partial charge is 0.305 e. The predicted octanol–water partition coefficient (Wildman–Crippen LogP) is 5.66. The number of benzene rings is 1. The normalized spacial score (nSPS) is 24.8. The molecule has 0 aromatic heterocycles. The Kier molecular flexibility index (Phi) is 6.16. The third kappa shape index (κ3) is 4.35. The fourth-order valence-corrected chi connectivity index (χ4v) is 5.27. The third-order valence-corrected chi connectivity index (χ3v) is 10.6. The summed E-state index contributed by atoms with van der Waals surface area (Å²) in [5.74, 6) is 0.0382. The molecule has 2 atom stereocenters. The van der Waals surface area contributed by atoms with Crippen molar-refractivity contribution in [2.75, 3.05) is 7.11 Å². The molecule has 0 spiro atoms. The summed E-state index contributed by atoms with van der Waals surface area (Å²) in [6.45, 7) is 11.4. The van der Waals surface area contributed by atoms with Crippen molar-refractivity contribution >= 4 is 14.3 Å². The summed E-state index contributed by atoms with van der Waals surface area (Å²) in [4.78, 5) is 12.1. The molecule has 2 rings (SSSR count). The fourth-order valence-electron chi connectivity index (χ4n) is 3.67. The van der Waals surface area contributed by atoms with Crippen molar-refractivity contribution in [2.45, 2.75) is 76.6 Å². The van der Waals surface area contributed by atoms with Gasteiger partial charge in [0.2, 0.25) is 0 Å². The minimum absolute atomic E-state index is 0.127. The molecule has 0 saturated heterocycles. The summed E-state index contributed by atoms with van der Waals surface area (Å²) in [7, 11) is -0.526. The van der Waals surface area contributed by atoms with Crippen LogP contribution in [0.5, 0.6) is 0 Å². The van der Waals surface area contributed by atoms with E-state index in [0.29, 0.717) is 6.42 Å². The Bertz CT molecular complexity index is 577. The zero-order valence-corrected chi connectivity index (χ0v) is 17.7. The molecular weight excluding hydrogens is 328 g/mol. The summed E-state index contributed by atoms with van der Waals surface area (Å²) >= 11 is 0. The molecule has 1 aliphatic rings. The zero-order valence-electron chi connectivity index (χ0n) is 16.7. The number of carbonyl (C=O) groups excluding carboxylic acids is 1. The second-order valence-corrected chi connectivity index (χ2v) is 13.6. The molecule has 3 nitrogen and oxygen atoms in total. The van der Waals surface area contributed by atoms with Gasteiger partial charge in [0, 0.05) is 5.92 Å². The quantitative estimate of drug-likeness (QED) is 0.501. The number of hydrogen-bond acceptors (Lipinski definition) is 3. The number of esters is 1. The van der Waals surface area contributed by atoms with Gasteiger partial charge in [-0.25, -0.2) is 0 Å². The minimum atomic E-state index is -2.00. The van der Waals surface area contributed by atoms with E-state index in [4.69, 9.17) is 9.16 Å². The molecule has 1 saturated carbocycles. The van der Waals surface area contributed by atoms with Gasteiger partial charge in [0.1, 0.15) is 0 Å². The van der Waals surface area contributed by atoms with E-state index in [1.54, 1.807) is 0 Å². The van der Waals surface area contributed by atoms with Gasteiger partial charge in [-0.3, -0.25) is 4.79 Å². The molecule has 0 heterocycles. The average Bonchev–Trinajstić information content (AvgIpc) is 2.56. The van der Waals surface area contributed by atoms with Gasteiger partial charge in [0.25, 0.3) is 0 Å². The first-order valence-electron chi connectivity index (χ1n) is 9.45. The van der Waals surface area contributed by atoms with Crippen LogP contribution in [0.1, 0.15) is 58.4 Å². The molecule has 1 aromatic rings. The second-order valence-electron chi connectivity index (χ2n) is 8.84. The van der Waals surface area contributed by atoms with Crippen LogP contribution in [0.25, 0.3) is 0 Å². The lowest BCUT2D eigenvalue weighted by molar-refractivity contribution is -0.146. The van der Waals surface area contributed by atoms with E-state index < -0.39 is 8.32 Å². The zero-order chi connectivity index (χ0) is 18.7. The van der Waals surface area contributed by atoms with Crippen molar-refractivity contribution in [3.05, 3.63) is 35.9 Å². The Labute approximate surface area is 154 Å². The van der Waals surface area contributed by atoms with Gasteiger partial charge in [0.05, 0.1) is 19.1 Å². The first-order valence-corrected chi connectivity index (χ1v) is 12.4. The SMILES string of the molecule is COC(=O)CC1CCCCC1(O[Si](C)(C)C(C)(C)C)c1ccccc1. The van der Waals surface area contributed by atoms with Crippen LogP contribution in [0.15, 0.2) is 30.3 Å². The number of hydrogen-bond donors (Lipinski definition) is 0. The van der Waals surface area contributed by atoms with E-state index in [1.807, 2.05) is 6.07 Å². The van der Waals surface area contributed by atoms with Crippen LogP contribution in [0, 0.1) is 5.92 Å². The molecule has 1 aromatic carbocycles. The molecular formula is C21H34O3Si. The number of rotatable bonds is 5. The number of carbonyl (C=O) groups is 1. The summed E-state index contributed by atoms with van der Waals surface area (Å²) in [6, 6.07) is 10.5.